The Morgan fingerprint density at radius 3 is 3.08 bits per heavy atom. The Morgan fingerprint density at radius 1 is 1.46 bits per heavy atom. The number of hydrogen-bond donors (Lipinski definition) is 1. The molecule has 1 N–H and O–H groups in total. The molecule has 0 aromatic carbocycles. The van der Waals surface area contributed by atoms with E-state index in [0.717, 1.165) is 48.3 Å². The number of nitrogens with one attached hydrogen (secondary N) is 1. The summed E-state index contributed by atoms with van der Waals surface area (Å²) < 4.78 is 8.04. The lowest BCUT2D eigenvalue weighted by Crippen LogP contribution is -2.40. The van der Waals surface area contributed by atoms with Gasteiger partial charge in [0.15, 0.2) is 0 Å². The average Bonchev–Trinajstić information content (AvgIpc) is 2.97. The second-order valence-corrected chi connectivity index (χ2v) is 7.38. The van der Waals surface area contributed by atoms with E-state index in [-0.39, 0.29) is 11.9 Å². The summed E-state index contributed by atoms with van der Waals surface area (Å²) in [5.41, 5.74) is 1.05. The Labute approximate surface area is 142 Å². The van der Waals surface area contributed by atoms with E-state index in [9.17, 15) is 4.79 Å². The monoisotopic (exact) mass is 327 g/mol. The lowest BCUT2D eigenvalue weighted by Gasteiger charge is -2.24. The first-order chi connectivity index (χ1) is 11.6. The average molecular weight is 327 g/mol. The number of aryl methyl sites for hydroxylation is 3. The number of fused-ring (bicyclic) bond motifs is 1. The van der Waals surface area contributed by atoms with Gasteiger partial charge in [-0.2, -0.15) is 0 Å². The first kappa shape index (κ1) is 15.5. The summed E-state index contributed by atoms with van der Waals surface area (Å²) in [7, 11) is 0. The van der Waals surface area contributed by atoms with Crippen LogP contribution >= 0.6 is 0 Å². The van der Waals surface area contributed by atoms with E-state index >= 15 is 0 Å². The van der Waals surface area contributed by atoms with E-state index < -0.39 is 0 Å². The molecule has 0 spiro atoms. The van der Waals surface area contributed by atoms with Crippen molar-refractivity contribution in [1.29, 1.82) is 0 Å². The van der Waals surface area contributed by atoms with Gasteiger partial charge in [-0.25, -0.2) is 4.98 Å². The topological polar surface area (TPSA) is 60.1 Å². The van der Waals surface area contributed by atoms with E-state index in [2.05, 4.69) is 34.1 Å². The van der Waals surface area contributed by atoms with Crippen molar-refractivity contribution in [2.75, 3.05) is 0 Å². The number of nitrogens with zero attached hydrogens (tertiary/aromatic N) is 2. The molecular formula is C19H25N3O2. The summed E-state index contributed by atoms with van der Waals surface area (Å²) in [6.07, 6.45) is 6.35. The molecule has 1 amide bonds. The van der Waals surface area contributed by atoms with Gasteiger partial charge in [-0.15, -0.1) is 0 Å². The van der Waals surface area contributed by atoms with Crippen molar-refractivity contribution in [1.82, 2.24) is 14.9 Å². The second-order valence-electron chi connectivity index (χ2n) is 7.38. The molecule has 2 aliphatic rings. The third kappa shape index (κ3) is 3.25. The Bertz CT molecular complexity index is 746. The van der Waals surface area contributed by atoms with Crippen molar-refractivity contribution in [3.8, 4) is 0 Å². The second kappa shape index (κ2) is 6.11. The van der Waals surface area contributed by atoms with Crippen LogP contribution in [-0.4, -0.2) is 21.5 Å². The molecule has 0 unspecified atom stereocenters. The van der Waals surface area contributed by atoms with Crippen LogP contribution in [0.2, 0.25) is 0 Å². The van der Waals surface area contributed by atoms with Crippen molar-refractivity contribution in [2.24, 2.45) is 5.92 Å². The van der Waals surface area contributed by atoms with Crippen LogP contribution in [-0.2, 0) is 24.2 Å². The minimum Gasteiger partial charge on any atom is -0.466 e. The number of aromatic nitrogens is 2. The number of furan rings is 1. The minimum absolute atomic E-state index is 0.109. The zero-order valence-corrected chi connectivity index (χ0v) is 14.4. The van der Waals surface area contributed by atoms with E-state index in [1.54, 1.807) is 0 Å². The highest BCUT2D eigenvalue weighted by molar-refractivity contribution is 5.76. The molecule has 5 heteroatoms. The SMILES string of the molecule is Cc1cn2c(n1)CC[C@H](NC(=O)CCc1ccc([C@@H]3C[C@@H]3C)o1)C2. The lowest BCUT2D eigenvalue weighted by atomic mass is 10.1. The highest BCUT2D eigenvalue weighted by Crippen LogP contribution is 2.47. The standard InChI is InChI=1S/C19H25N3O2/c1-12-9-16(12)17-6-4-15(24-17)5-8-19(23)21-14-3-7-18-20-13(2)10-22(18)11-14/h4,6,10,12,14,16H,3,5,7-9,11H2,1-2H3,(H,21,23)/t12-,14-,16+/m0/s1. The fraction of sp³-hybridized carbons (Fsp3) is 0.579. The van der Waals surface area contributed by atoms with Crippen LogP contribution in [0.1, 0.15) is 55.1 Å². The maximum atomic E-state index is 12.2. The Morgan fingerprint density at radius 2 is 2.29 bits per heavy atom. The minimum atomic E-state index is 0.109. The highest BCUT2D eigenvalue weighted by atomic mass is 16.3. The third-order valence-electron chi connectivity index (χ3n) is 5.23. The van der Waals surface area contributed by atoms with Crippen LogP contribution in [0.4, 0.5) is 0 Å². The zero-order chi connectivity index (χ0) is 16.7. The van der Waals surface area contributed by atoms with Crippen molar-refractivity contribution >= 4 is 5.91 Å². The van der Waals surface area contributed by atoms with Crippen molar-refractivity contribution in [2.45, 2.75) is 64.5 Å². The molecule has 1 fully saturated rings. The first-order valence-electron chi connectivity index (χ1n) is 8.99. The van der Waals surface area contributed by atoms with Crippen LogP contribution in [0.25, 0.3) is 0 Å². The van der Waals surface area contributed by atoms with Crippen molar-refractivity contribution in [3.63, 3.8) is 0 Å². The summed E-state index contributed by atoms with van der Waals surface area (Å²) in [5.74, 6) is 4.61. The highest BCUT2D eigenvalue weighted by Gasteiger charge is 2.36. The van der Waals surface area contributed by atoms with E-state index in [4.69, 9.17) is 4.42 Å². The largest absolute Gasteiger partial charge is 0.466 e. The molecule has 0 saturated heterocycles. The molecule has 0 bridgehead atoms. The van der Waals surface area contributed by atoms with Gasteiger partial charge < -0.3 is 14.3 Å². The number of carbonyl (C=O) groups excluding carboxylic acids is 1. The van der Waals surface area contributed by atoms with Crippen LogP contribution in [0.3, 0.4) is 0 Å². The number of amides is 1. The van der Waals surface area contributed by atoms with Gasteiger partial charge in [-0.05, 0) is 37.8 Å². The van der Waals surface area contributed by atoms with E-state index in [0.29, 0.717) is 18.8 Å². The predicted molar refractivity (Wildman–Crippen MR) is 90.8 cm³/mol. The zero-order valence-electron chi connectivity index (χ0n) is 14.4. The maximum Gasteiger partial charge on any atom is 0.220 e. The molecule has 0 radical (unpaired) electrons. The Balaban J connectivity index is 1.26. The van der Waals surface area contributed by atoms with Gasteiger partial charge in [-0.1, -0.05) is 6.92 Å². The molecule has 3 heterocycles. The molecule has 2 aromatic heterocycles. The molecule has 5 nitrogen and oxygen atoms in total. The van der Waals surface area contributed by atoms with Gasteiger partial charge in [0.05, 0.1) is 5.69 Å². The van der Waals surface area contributed by atoms with Crippen LogP contribution < -0.4 is 5.32 Å². The number of carbonyl (C=O) groups is 1. The van der Waals surface area contributed by atoms with E-state index in [1.165, 1.54) is 6.42 Å². The smallest absolute Gasteiger partial charge is 0.220 e. The summed E-state index contributed by atoms with van der Waals surface area (Å²) in [4.78, 5) is 16.7. The molecule has 1 saturated carbocycles. The molecule has 1 aliphatic heterocycles. The number of rotatable bonds is 5. The predicted octanol–water partition coefficient (Wildman–Crippen LogP) is 2.97. The molecule has 1 aliphatic carbocycles. The fourth-order valence-corrected chi connectivity index (χ4v) is 3.69. The van der Waals surface area contributed by atoms with Crippen LogP contribution in [0.15, 0.2) is 22.7 Å². The summed E-state index contributed by atoms with van der Waals surface area (Å²) >= 11 is 0. The summed E-state index contributed by atoms with van der Waals surface area (Å²) in [5, 5.41) is 3.16. The summed E-state index contributed by atoms with van der Waals surface area (Å²) in [6.45, 7) is 5.09. The van der Waals surface area contributed by atoms with Gasteiger partial charge in [0.2, 0.25) is 5.91 Å². The molecule has 128 valence electrons. The quantitative estimate of drug-likeness (QED) is 0.918. The lowest BCUT2D eigenvalue weighted by molar-refractivity contribution is -0.122. The van der Waals surface area contributed by atoms with Gasteiger partial charge in [0, 0.05) is 44.0 Å². The molecular weight excluding hydrogens is 302 g/mol. The number of imidazole rings is 1. The van der Waals surface area contributed by atoms with Gasteiger partial charge in [0.25, 0.3) is 0 Å². The molecule has 3 atom stereocenters. The van der Waals surface area contributed by atoms with E-state index in [1.807, 2.05) is 13.0 Å². The Hall–Kier alpha value is -2.04. The van der Waals surface area contributed by atoms with Crippen molar-refractivity contribution < 1.29 is 9.21 Å². The molecule has 24 heavy (non-hydrogen) atoms. The fourth-order valence-electron chi connectivity index (χ4n) is 3.69. The third-order valence-corrected chi connectivity index (χ3v) is 5.23. The van der Waals surface area contributed by atoms with Gasteiger partial charge in [0.1, 0.15) is 17.3 Å². The Kier molecular flexibility index (Phi) is 3.94. The molecule has 2 aromatic rings. The van der Waals surface area contributed by atoms with Gasteiger partial charge in [-0.3, -0.25) is 4.79 Å². The van der Waals surface area contributed by atoms with Crippen molar-refractivity contribution in [3.05, 3.63) is 41.4 Å². The van der Waals surface area contributed by atoms with Gasteiger partial charge >= 0.3 is 0 Å². The summed E-state index contributed by atoms with van der Waals surface area (Å²) in [6, 6.07) is 4.30. The normalized spacial score (nSPS) is 25.3. The van der Waals surface area contributed by atoms with Crippen LogP contribution in [0.5, 0.6) is 0 Å². The number of hydrogen-bond acceptors (Lipinski definition) is 3. The molecule has 4 rings (SSSR count). The first-order valence-corrected chi connectivity index (χ1v) is 8.99. The van der Waals surface area contributed by atoms with Crippen LogP contribution in [0, 0.1) is 12.8 Å². The maximum absolute atomic E-state index is 12.2.